The third-order valence-electron chi connectivity index (χ3n) is 0.333. The lowest BCUT2D eigenvalue weighted by Gasteiger charge is -1.69. The molecule has 0 atom stereocenters. The molecule has 0 aliphatic carbocycles. The van der Waals surface area contributed by atoms with Gasteiger partial charge in [0.2, 0.25) is 0 Å². The van der Waals surface area contributed by atoms with Crippen LogP contribution in [0.15, 0.2) is 12.1 Å². The van der Waals surface area contributed by atoms with E-state index >= 15 is 0 Å². The highest BCUT2D eigenvalue weighted by Gasteiger charge is 1.65. The van der Waals surface area contributed by atoms with Gasteiger partial charge in [0.15, 0.2) is 0 Å². The Balaban J connectivity index is 3.83. The highest BCUT2D eigenvalue weighted by atomic mass is 19.1. The summed E-state index contributed by atoms with van der Waals surface area (Å²) < 4.78 is 17.6. The molecule has 0 amide bonds. The second-order valence-electron chi connectivity index (χ2n) is 0.995. The van der Waals surface area contributed by atoms with Crippen LogP contribution >= 0.6 is 0 Å². The molecule has 0 heterocycles. The molecule has 0 N–H and O–H groups in total. The van der Waals surface area contributed by atoms with Crippen molar-refractivity contribution >= 4 is 7.81 Å². The molecule has 0 unspecified atom stereocenters. The minimum Gasteiger partial charge on any atom is -0.143 e. The Morgan fingerprint density at radius 2 is 2.50 bits per heavy atom. The van der Waals surface area contributed by atoms with E-state index in [4.69, 9.17) is 1.34 Å². The molecule has 0 bridgehead atoms. The maximum atomic E-state index is 11.0. The van der Waals surface area contributed by atoms with Crippen molar-refractivity contribution in [3.63, 3.8) is 0 Å². The van der Waals surface area contributed by atoms with Crippen molar-refractivity contribution < 1.29 is 4.39 Å². The smallest absolute Gasteiger partial charge is 0.140 e. The average Bonchev–Trinajstić information content (AvgIpc) is 1.89. The molecule has 0 aromatic heterocycles. The molecule has 0 aliphatic heterocycles. The Morgan fingerprint density at radius 3 is 3.00 bits per heavy atom. The number of hydrogen-bond donors (Lipinski definition) is 0. The Hall–Kier alpha value is -1.15. The fraction of sp³-hybridized carbons (Fsp3) is 0. The molecule has 0 saturated heterocycles. The first kappa shape index (κ1) is 5.00. The lowest BCUT2D eigenvalue weighted by molar-refractivity contribution is 0.774. The van der Waals surface area contributed by atoms with Crippen LogP contribution in [0.25, 0.3) is 0 Å². The van der Waals surface area contributed by atoms with Crippen molar-refractivity contribution in [3.05, 3.63) is 12.1 Å². The van der Waals surface area contributed by atoms with Crippen molar-refractivity contribution in [1.82, 2.24) is 0 Å². The summed E-state index contributed by atoms with van der Waals surface area (Å²) in [5.74, 6) is 6.35. The van der Waals surface area contributed by atoms with E-state index in [0.717, 1.165) is 14.0 Å². The summed E-state index contributed by atoms with van der Waals surface area (Å²) >= 11 is 0. The van der Waals surface area contributed by atoms with Crippen LogP contribution in [0.4, 0.5) is 4.39 Å². The minimum absolute atomic E-state index is 0.317. The molecule has 8 heavy (non-hydrogen) atoms. The molecule has 1 radical (unpaired) electrons. The maximum Gasteiger partial charge on any atom is 0.140 e. The number of hydrogen-bond acceptors (Lipinski definition) is 0. The Morgan fingerprint density at radius 1 is 1.75 bits per heavy atom. The molecule has 37 valence electrons. The Bertz CT molecular complexity index is 213. The summed E-state index contributed by atoms with van der Waals surface area (Å²) in [6, 6.07) is 0. The van der Waals surface area contributed by atoms with Crippen LogP contribution in [0, 0.1) is 23.9 Å². The van der Waals surface area contributed by atoms with Gasteiger partial charge in [-0.25, -0.2) is 0 Å². The van der Waals surface area contributed by atoms with E-state index in [0.29, 0.717) is 5.47 Å². The van der Waals surface area contributed by atoms with E-state index < -0.39 is 0 Å². The summed E-state index contributed by atoms with van der Waals surface area (Å²) in [4.78, 5) is 0. The first-order valence-corrected chi connectivity index (χ1v) is 1.83. The molecule has 0 fully saturated rings. The quantitative estimate of drug-likeness (QED) is 0.334. The van der Waals surface area contributed by atoms with Crippen molar-refractivity contribution in [3.8, 4) is 23.9 Å². The molecule has 0 nitrogen and oxygen atoms in total. The van der Waals surface area contributed by atoms with Gasteiger partial charge in [-0.15, -0.1) is 4.39 Å². The zero-order chi connectivity index (χ0) is 7.11. The van der Waals surface area contributed by atoms with Gasteiger partial charge < -0.3 is 0 Å². The van der Waals surface area contributed by atoms with Crippen LogP contribution in [0.2, 0.25) is 0 Å². The molecule has 0 aliphatic rings. The third-order valence-corrected chi connectivity index (χ3v) is 0.333. The monoisotopic (exact) mass is 106 g/mol. The molecule has 2 heteroatoms. The molecule has 0 aromatic carbocycles. The predicted octanol–water partition coefficient (Wildman–Crippen LogP) is 0.335. The highest BCUT2D eigenvalue weighted by molar-refractivity contribution is 6.24. The first-order chi connectivity index (χ1) is 4.31. The topological polar surface area (TPSA) is 0 Å². The fourth-order valence-corrected chi connectivity index (χ4v) is 0.135. The minimum atomic E-state index is 0.317. The maximum absolute atomic E-state index is 11.0. The third kappa shape index (κ3) is 4.85. The second-order valence-corrected chi connectivity index (χ2v) is 0.995. The lowest BCUT2D eigenvalue weighted by Crippen LogP contribution is -1.66. The molecule has 0 aromatic rings. The Labute approximate surface area is 50.5 Å². The van der Waals surface area contributed by atoms with Gasteiger partial charge in [-0.1, -0.05) is 18.0 Å². The van der Waals surface area contributed by atoms with E-state index in [2.05, 4.69) is 18.4 Å². The van der Waals surface area contributed by atoms with Crippen molar-refractivity contribution in [2.45, 2.75) is 0 Å². The fourth-order valence-electron chi connectivity index (χ4n) is 0.135. The molecular formula is C6H3BF. The van der Waals surface area contributed by atoms with Gasteiger partial charge in [-0.05, 0) is 7.26 Å². The van der Waals surface area contributed by atoms with E-state index in [1.165, 1.54) is 0 Å². The van der Waals surface area contributed by atoms with E-state index in [-0.39, 0.29) is 0 Å². The van der Waals surface area contributed by atoms with Gasteiger partial charge in [-0.2, -0.15) is 0 Å². The van der Waals surface area contributed by atoms with Gasteiger partial charge in [0, 0.05) is 5.92 Å². The van der Waals surface area contributed by atoms with Crippen LogP contribution < -0.4 is 0 Å². The second kappa shape index (κ2) is 4.03. The van der Waals surface area contributed by atoms with Crippen LogP contribution in [-0.2, 0) is 0 Å². The lowest BCUT2D eigenvalue weighted by atomic mass is 9.99. The normalized spacial score (nSPS) is 6.38. The molecule has 0 spiro atoms. The zero-order valence-electron chi connectivity index (χ0n) is 5.16. The van der Waals surface area contributed by atoms with E-state index in [1.807, 2.05) is 5.92 Å². The first-order valence-electron chi connectivity index (χ1n) is 2.41. The SMILES string of the molecule is [2H][B]C(=C)C#CC#CF. The largest absolute Gasteiger partial charge is 0.143 e. The van der Waals surface area contributed by atoms with Crippen LogP contribution in [0.1, 0.15) is 0 Å². The van der Waals surface area contributed by atoms with E-state index in [1.54, 1.807) is 0 Å². The summed E-state index contributed by atoms with van der Waals surface area (Å²) in [6.07, 6.45) is 1.11. The summed E-state index contributed by atoms with van der Waals surface area (Å²) in [5, 5.41) is 0. The predicted molar refractivity (Wildman–Crippen MR) is 32.9 cm³/mol. The summed E-state index contributed by atoms with van der Waals surface area (Å²) in [6.45, 7) is 3.34. The van der Waals surface area contributed by atoms with Gasteiger partial charge in [-0.3, -0.25) is 0 Å². The van der Waals surface area contributed by atoms with E-state index in [9.17, 15) is 4.39 Å². The molecular weight excluding hydrogens is 102 g/mol. The zero-order valence-corrected chi connectivity index (χ0v) is 4.16. The molecule has 0 rings (SSSR count). The number of halogens is 1. The Kier molecular flexibility index (Phi) is 2.52. The van der Waals surface area contributed by atoms with Crippen molar-refractivity contribution in [1.29, 1.82) is 1.34 Å². The number of rotatable bonds is 1. The van der Waals surface area contributed by atoms with Crippen molar-refractivity contribution in [2.75, 3.05) is 0 Å². The van der Waals surface area contributed by atoms with Crippen LogP contribution in [-0.4, -0.2) is 9.15 Å². The van der Waals surface area contributed by atoms with Gasteiger partial charge in [0.1, 0.15) is 14.0 Å². The molecule has 0 saturated carbocycles. The highest BCUT2D eigenvalue weighted by Crippen LogP contribution is 1.70. The van der Waals surface area contributed by atoms with Crippen LogP contribution in [0.5, 0.6) is 0 Å². The van der Waals surface area contributed by atoms with Gasteiger partial charge in [0.05, 0.1) is 0 Å². The van der Waals surface area contributed by atoms with Gasteiger partial charge >= 0.3 is 0 Å². The summed E-state index contributed by atoms with van der Waals surface area (Å²) in [7, 11) is 0.979. The average molecular weight is 106 g/mol. The van der Waals surface area contributed by atoms with Crippen molar-refractivity contribution in [2.24, 2.45) is 0 Å². The summed E-state index contributed by atoms with van der Waals surface area (Å²) in [5.41, 5.74) is 0.317. The number of allylic oxidation sites excluding steroid dienone is 1. The van der Waals surface area contributed by atoms with Crippen LogP contribution in [0.3, 0.4) is 0 Å². The van der Waals surface area contributed by atoms with Gasteiger partial charge in [0.25, 0.3) is 0 Å². The standard InChI is InChI=1S/C6H3BF/c1-6(7)4-2-3-5-8/h7H,1H2/i7D.